The van der Waals surface area contributed by atoms with E-state index in [9.17, 15) is 4.39 Å². The lowest BCUT2D eigenvalue weighted by Crippen LogP contribution is -2.50. The van der Waals surface area contributed by atoms with Crippen molar-refractivity contribution in [2.45, 2.75) is 25.2 Å². The van der Waals surface area contributed by atoms with Gasteiger partial charge in [0.05, 0.1) is 45.9 Å². The van der Waals surface area contributed by atoms with Crippen LogP contribution in [0.2, 0.25) is 10.0 Å². The van der Waals surface area contributed by atoms with Crippen LogP contribution < -0.4 is 10.6 Å². The Bertz CT molecular complexity index is 1060. The van der Waals surface area contributed by atoms with E-state index in [1.165, 1.54) is 6.20 Å². The number of aromatic nitrogens is 3. The van der Waals surface area contributed by atoms with Gasteiger partial charge in [-0.25, -0.2) is 14.2 Å². The molecule has 0 spiro atoms. The number of fused-ring (bicyclic) bond motifs is 1. The van der Waals surface area contributed by atoms with Crippen molar-refractivity contribution in [2.75, 3.05) is 18.0 Å². The molecule has 2 aromatic heterocycles. The number of hydrogen-bond donors (Lipinski definition) is 1. The molecule has 0 aliphatic carbocycles. The molecular weight excluding hydrogens is 438 g/mol. The third-order valence-electron chi connectivity index (χ3n) is 4.88. The molecule has 1 saturated heterocycles. The lowest BCUT2D eigenvalue weighted by Gasteiger charge is -2.34. The summed E-state index contributed by atoms with van der Waals surface area (Å²) in [6, 6.07) is 6.45. The smallest absolute Gasteiger partial charge is 0.206 e. The minimum absolute atomic E-state index is 0. The minimum Gasteiger partial charge on any atom is -0.340 e. The molecule has 3 aromatic rings. The van der Waals surface area contributed by atoms with Crippen LogP contribution in [0.4, 0.5) is 16.0 Å². The zero-order valence-corrected chi connectivity index (χ0v) is 17.6. The molecule has 1 aliphatic heterocycles. The van der Waals surface area contributed by atoms with Crippen LogP contribution in [0.25, 0.3) is 15.9 Å². The van der Waals surface area contributed by atoms with E-state index in [1.807, 2.05) is 9.47 Å². The van der Waals surface area contributed by atoms with E-state index < -0.39 is 12.2 Å². The fraction of sp³-hybridized carbons (Fsp3) is 0.316. The van der Waals surface area contributed by atoms with Crippen molar-refractivity contribution < 1.29 is 4.39 Å². The Hall–Kier alpha value is -2.11. The van der Waals surface area contributed by atoms with E-state index in [2.05, 4.69) is 9.83 Å². The number of rotatable bonds is 3. The molecule has 6 nitrogen and oxygen atoms in total. The Balaban J connectivity index is 0.00000240. The number of hydrogen-bond acceptors (Lipinski definition) is 4. The normalized spacial score (nSPS) is 19.1. The summed E-state index contributed by atoms with van der Waals surface area (Å²) in [5, 5.41) is 0.849. The summed E-state index contributed by atoms with van der Waals surface area (Å²) in [7, 11) is 0. The average molecular weight is 456 g/mol. The Morgan fingerprint density at radius 1 is 1.28 bits per heavy atom. The first-order chi connectivity index (χ1) is 13.5. The molecule has 0 amide bonds. The molecule has 152 valence electrons. The molecular formula is C19H18Cl3FN6. The number of nitrogens with two attached hydrogens (primary N) is 1. The highest BCUT2D eigenvalue weighted by atomic mass is 35.5. The topological polar surface area (TPSA) is 64.3 Å². The van der Waals surface area contributed by atoms with Gasteiger partial charge in [0.2, 0.25) is 11.6 Å². The standard InChI is InChI=1S/C19H17Cl2FN6.ClH/c1-24-11-2-3-12(25-8-11)9-28-18-7-14(21)13(20)6-17(18)26-19(28)27-5-4-15(22)16(23)10-27;/h2-3,6-8,15-16H,4-5,9-10,23H2;1H/t15-,16+;/m0./s1. The van der Waals surface area contributed by atoms with Crippen LogP contribution >= 0.6 is 35.6 Å². The predicted octanol–water partition coefficient (Wildman–Crippen LogP) is 4.63. The van der Waals surface area contributed by atoms with E-state index in [-0.39, 0.29) is 12.4 Å². The summed E-state index contributed by atoms with van der Waals surface area (Å²) in [5.74, 6) is 0.673. The van der Waals surface area contributed by atoms with E-state index in [1.54, 1.807) is 24.3 Å². The molecule has 1 aromatic carbocycles. The second kappa shape index (κ2) is 8.72. The van der Waals surface area contributed by atoms with Crippen molar-refractivity contribution in [1.29, 1.82) is 0 Å². The summed E-state index contributed by atoms with van der Waals surface area (Å²) in [4.78, 5) is 14.4. The van der Waals surface area contributed by atoms with E-state index in [0.29, 0.717) is 53.3 Å². The van der Waals surface area contributed by atoms with Gasteiger partial charge in [-0.3, -0.25) is 4.98 Å². The zero-order valence-electron chi connectivity index (χ0n) is 15.2. The lowest BCUT2D eigenvalue weighted by molar-refractivity contribution is 0.243. The summed E-state index contributed by atoms with van der Waals surface area (Å²) < 4.78 is 15.8. The van der Waals surface area contributed by atoms with Crippen LogP contribution in [-0.4, -0.2) is 39.8 Å². The van der Waals surface area contributed by atoms with Crippen molar-refractivity contribution in [2.24, 2.45) is 5.73 Å². The molecule has 29 heavy (non-hydrogen) atoms. The Morgan fingerprint density at radius 2 is 2.03 bits per heavy atom. The predicted molar refractivity (Wildman–Crippen MR) is 116 cm³/mol. The fourth-order valence-electron chi connectivity index (χ4n) is 3.38. The minimum atomic E-state index is -1.01. The number of piperidine rings is 1. The van der Waals surface area contributed by atoms with Gasteiger partial charge >= 0.3 is 0 Å². The van der Waals surface area contributed by atoms with Crippen molar-refractivity contribution in [3.05, 3.63) is 57.6 Å². The highest BCUT2D eigenvalue weighted by Gasteiger charge is 2.29. The fourth-order valence-corrected chi connectivity index (χ4v) is 3.69. The zero-order chi connectivity index (χ0) is 19.8. The molecule has 3 heterocycles. The Kier molecular flexibility index (Phi) is 6.49. The highest BCUT2D eigenvalue weighted by molar-refractivity contribution is 6.42. The van der Waals surface area contributed by atoms with Crippen molar-refractivity contribution >= 4 is 58.3 Å². The third-order valence-corrected chi connectivity index (χ3v) is 5.60. The third kappa shape index (κ3) is 4.26. The van der Waals surface area contributed by atoms with Crippen LogP contribution in [0.5, 0.6) is 0 Å². The van der Waals surface area contributed by atoms with E-state index >= 15 is 0 Å². The quantitative estimate of drug-likeness (QED) is 0.585. The number of nitrogens with zero attached hydrogens (tertiary/aromatic N) is 5. The van der Waals surface area contributed by atoms with Gasteiger partial charge in [-0.15, -0.1) is 12.4 Å². The first-order valence-corrected chi connectivity index (χ1v) is 9.54. The van der Waals surface area contributed by atoms with Gasteiger partial charge in [-0.1, -0.05) is 29.3 Å². The first kappa shape index (κ1) is 21.6. The van der Waals surface area contributed by atoms with Crippen LogP contribution in [-0.2, 0) is 6.54 Å². The molecule has 0 saturated carbocycles. The van der Waals surface area contributed by atoms with E-state index in [4.69, 9.17) is 40.5 Å². The Morgan fingerprint density at radius 3 is 2.69 bits per heavy atom. The first-order valence-electron chi connectivity index (χ1n) is 8.78. The van der Waals surface area contributed by atoms with Gasteiger partial charge in [0.25, 0.3) is 0 Å². The van der Waals surface area contributed by atoms with Crippen molar-refractivity contribution in [3.8, 4) is 0 Å². The molecule has 0 bridgehead atoms. The largest absolute Gasteiger partial charge is 0.340 e. The number of pyridine rings is 1. The SMILES string of the molecule is Cl.[C-]#[N+]c1ccc(Cn2c(N3CC[C@H](F)[C@H](N)C3)nc3cc(Cl)c(Cl)cc32)nc1. The molecule has 2 N–H and O–H groups in total. The average Bonchev–Trinajstić information content (AvgIpc) is 3.02. The summed E-state index contributed by atoms with van der Waals surface area (Å²) >= 11 is 12.4. The molecule has 4 rings (SSSR count). The van der Waals surface area contributed by atoms with Crippen LogP contribution in [0.3, 0.4) is 0 Å². The summed E-state index contributed by atoms with van der Waals surface area (Å²) in [6.45, 7) is 8.37. The van der Waals surface area contributed by atoms with Gasteiger partial charge in [-0.2, -0.15) is 0 Å². The lowest BCUT2D eigenvalue weighted by atomic mass is 10.1. The van der Waals surface area contributed by atoms with Crippen LogP contribution in [0, 0.1) is 6.57 Å². The number of halogens is 4. The molecule has 10 heteroatoms. The molecule has 0 radical (unpaired) electrons. The highest BCUT2D eigenvalue weighted by Crippen LogP contribution is 2.32. The van der Waals surface area contributed by atoms with Crippen LogP contribution in [0.1, 0.15) is 12.1 Å². The summed E-state index contributed by atoms with van der Waals surface area (Å²) in [5.41, 5.74) is 8.69. The second-order valence-corrected chi connectivity index (χ2v) is 7.60. The van der Waals surface area contributed by atoms with Gasteiger partial charge in [-0.05, 0) is 24.6 Å². The van der Waals surface area contributed by atoms with E-state index in [0.717, 1.165) is 11.2 Å². The maximum absolute atomic E-state index is 13.8. The number of anilines is 1. The second-order valence-electron chi connectivity index (χ2n) is 6.79. The molecule has 2 atom stereocenters. The maximum atomic E-state index is 13.8. The molecule has 1 fully saturated rings. The van der Waals surface area contributed by atoms with Crippen molar-refractivity contribution in [1.82, 2.24) is 14.5 Å². The molecule has 0 unspecified atom stereocenters. The van der Waals surface area contributed by atoms with Crippen LogP contribution in [0.15, 0.2) is 30.5 Å². The number of alkyl halides is 1. The monoisotopic (exact) mass is 454 g/mol. The molecule has 1 aliphatic rings. The van der Waals surface area contributed by atoms with Gasteiger partial charge in [0.1, 0.15) is 6.17 Å². The van der Waals surface area contributed by atoms with Gasteiger partial charge in [0.15, 0.2) is 0 Å². The van der Waals surface area contributed by atoms with Gasteiger partial charge < -0.3 is 15.2 Å². The number of benzene rings is 1. The number of imidazole rings is 1. The summed E-state index contributed by atoms with van der Waals surface area (Å²) in [6.07, 6.45) is 0.875. The van der Waals surface area contributed by atoms with Gasteiger partial charge in [0, 0.05) is 19.3 Å². The van der Waals surface area contributed by atoms with Crippen molar-refractivity contribution in [3.63, 3.8) is 0 Å². The Labute approximate surface area is 183 Å². The maximum Gasteiger partial charge on any atom is 0.206 e.